The molecular weight excluding hydrogens is 234 g/mol. The Morgan fingerprint density at radius 3 is 2.56 bits per heavy atom. The van der Waals surface area contributed by atoms with Crippen molar-refractivity contribution in [3.63, 3.8) is 0 Å². The van der Waals surface area contributed by atoms with E-state index in [1.54, 1.807) is 0 Å². The Morgan fingerprint density at radius 1 is 1.28 bits per heavy atom. The van der Waals surface area contributed by atoms with E-state index in [-0.39, 0.29) is 25.5 Å². The van der Waals surface area contributed by atoms with Gasteiger partial charge in [0.15, 0.2) is 0 Å². The zero-order valence-corrected chi connectivity index (χ0v) is 9.94. The van der Waals surface area contributed by atoms with Crippen molar-refractivity contribution in [3.8, 4) is 0 Å². The lowest BCUT2D eigenvalue weighted by Gasteiger charge is -2.24. The fraction of sp³-hybridized carbons (Fsp3) is 0.462. The van der Waals surface area contributed by atoms with Crippen LogP contribution < -0.4 is 0 Å². The van der Waals surface area contributed by atoms with Crippen molar-refractivity contribution in [2.45, 2.75) is 24.7 Å². The van der Waals surface area contributed by atoms with Gasteiger partial charge in [0.1, 0.15) is 6.10 Å². The predicted octanol–water partition coefficient (Wildman–Crippen LogP) is -0.846. The molecule has 1 aromatic carbocycles. The van der Waals surface area contributed by atoms with Gasteiger partial charge in [0, 0.05) is 6.54 Å². The number of amides is 1. The second-order valence-corrected chi connectivity index (χ2v) is 4.52. The van der Waals surface area contributed by atoms with E-state index in [9.17, 15) is 20.1 Å². The minimum Gasteiger partial charge on any atom is -0.394 e. The first-order valence-corrected chi connectivity index (χ1v) is 5.94. The molecular formula is C13H17NO4. The zero-order valence-electron chi connectivity index (χ0n) is 9.94. The SMILES string of the molecule is O=C(Cc1ccccc1)N1C[C@H](O)[C@@H](O)[C@@H]1CO. The highest BCUT2D eigenvalue weighted by Crippen LogP contribution is 2.19. The Labute approximate surface area is 105 Å². The zero-order chi connectivity index (χ0) is 13.1. The third-order valence-corrected chi connectivity index (χ3v) is 3.28. The third-order valence-electron chi connectivity index (χ3n) is 3.28. The van der Waals surface area contributed by atoms with E-state index in [1.807, 2.05) is 30.3 Å². The van der Waals surface area contributed by atoms with Gasteiger partial charge in [0.05, 0.1) is 25.2 Å². The fourth-order valence-corrected chi connectivity index (χ4v) is 2.25. The number of aliphatic hydroxyl groups is 3. The van der Waals surface area contributed by atoms with Gasteiger partial charge in [-0.2, -0.15) is 0 Å². The van der Waals surface area contributed by atoms with E-state index in [2.05, 4.69) is 0 Å². The first-order valence-electron chi connectivity index (χ1n) is 5.94. The first-order chi connectivity index (χ1) is 8.63. The average Bonchev–Trinajstić information content (AvgIpc) is 2.67. The summed E-state index contributed by atoms with van der Waals surface area (Å²) in [6, 6.07) is 8.54. The average molecular weight is 251 g/mol. The summed E-state index contributed by atoms with van der Waals surface area (Å²) in [7, 11) is 0. The number of nitrogens with zero attached hydrogens (tertiary/aromatic N) is 1. The van der Waals surface area contributed by atoms with Gasteiger partial charge in [-0.3, -0.25) is 4.79 Å². The molecule has 0 aliphatic carbocycles. The number of likely N-dealkylation sites (tertiary alicyclic amines) is 1. The van der Waals surface area contributed by atoms with Gasteiger partial charge in [-0.15, -0.1) is 0 Å². The lowest BCUT2D eigenvalue weighted by molar-refractivity contribution is -0.133. The minimum absolute atomic E-state index is 0.0675. The van der Waals surface area contributed by atoms with Crippen LogP contribution in [0.25, 0.3) is 0 Å². The second-order valence-electron chi connectivity index (χ2n) is 4.52. The van der Waals surface area contributed by atoms with E-state index >= 15 is 0 Å². The van der Waals surface area contributed by atoms with Crippen LogP contribution in [0, 0.1) is 0 Å². The number of β-amino-alcohol motifs (C(OH)–C–C–N with tert-alkyl or cyclic N) is 1. The molecule has 3 N–H and O–H groups in total. The summed E-state index contributed by atoms with van der Waals surface area (Å²) < 4.78 is 0. The highest BCUT2D eigenvalue weighted by atomic mass is 16.3. The maximum atomic E-state index is 12.1. The molecule has 0 aromatic heterocycles. The van der Waals surface area contributed by atoms with Crippen LogP contribution in [0.3, 0.4) is 0 Å². The van der Waals surface area contributed by atoms with E-state index in [0.29, 0.717) is 0 Å². The first kappa shape index (κ1) is 13.0. The van der Waals surface area contributed by atoms with Crippen LogP contribution in [0.4, 0.5) is 0 Å². The Hall–Kier alpha value is -1.43. The van der Waals surface area contributed by atoms with Crippen LogP contribution in [-0.4, -0.2) is 57.5 Å². The monoisotopic (exact) mass is 251 g/mol. The Bertz CT molecular complexity index is 409. The van der Waals surface area contributed by atoms with Crippen LogP contribution in [0.2, 0.25) is 0 Å². The maximum absolute atomic E-state index is 12.1. The van der Waals surface area contributed by atoms with Crippen molar-refractivity contribution in [1.29, 1.82) is 0 Å². The van der Waals surface area contributed by atoms with E-state index in [0.717, 1.165) is 5.56 Å². The van der Waals surface area contributed by atoms with Gasteiger partial charge >= 0.3 is 0 Å². The molecule has 18 heavy (non-hydrogen) atoms. The quantitative estimate of drug-likeness (QED) is 0.654. The van der Waals surface area contributed by atoms with Crippen LogP contribution in [0.5, 0.6) is 0 Å². The van der Waals surface area contributed by atoms with Crippen molar-refractivity contribution >= 4 is 5.91 Å². The fourth-order valence-electron chi connectivity index (χ4n) is 2.25. The molecule has 1 fully saturated rings. The predicted molar refractivity (Wildman–Crippen MR) is 64.7 cm³/mol. The normalized spacial score (nSPS) is 27.5. The lowest BCUT2D eigenvalue weighted by Crippen LogP contribution is -2.42. The van der Waals surface area contributed by atoms with Crippen LogP contribution in [-0.2, 0) is 11.2 Å². The number of hydrogen-bond donors (Lipinski definition) is 3. The molecule has 3 atom stereocenters. The van der Waals surface area contributed by atoms with Crippen molar-refractivity contribution in [1.82, 2.24) is 4.90 Å². The van der Waals surface area contributed by atoms with E-state index in [4.69, 9.17) is 0 Å². The van der Waals surface area contributed by atoms with Crippen molar-refractivity contribution in [3.05, 3.63) is 35.9 Å². The van der Waals surface area contributed by atoms with Gasteiger partial charge in [-0.25, -0.2) is 0 Å². The molecule has 2 rings (SSSR count). The van der Waals surface area contributed by atoms with Crippen molar-refractivity contribution < 1.29 is 20.1 Å². The standard InChI is InChI=1S/C13H17NO4/c15-8-10-13(18)11(16)7-14(10)12(17)6-9-4-2-1-3-5-9/h1-5,10-11,13,15-16,18H,6-8H2/t10-,11-,13-/m0/s1. The molecule has 1 aliphatic rings. The molecule has 0 unspecified atom stereocenters. The number of hydrogen-bond acceptors (Lipinski definition) is 4. The summed E-state index contributed by atoms with van der Waals surface area (Å²) in [4.78, 5) is 13.4. The van der Waals surface area contributed by atoms with Crippen LogP contribution >= 0.6 is 0 Å². The minimum atomic E-state index is -1.07. The molecule has 0 bridgehead atoms. The molecule has 0 saturated carbocycles. The third kappa shape index (κ3) is 2.53. The molecule has 1 saturated heterocycles. The molecule has 1 amide bonds. The Morgan fingerprint density at radius 2 is 1.94 bits per heavy atom. The van der Waals surface area contributed by atoms with Crippen molar-refractivity contribution in [2.24, 2.45) is 0 Å². The summed E-state index contributed by atoms with van der Waals surface area (Å²) in [5.41, 5.74) is 0.870. The van der Waals surface area contributed by atoms with Gasteiger partial charge in [-0.1, -0.05) is 30.3 Å². The van der Waals surface area contributed by atoms with E-state index in [1.165, 1.54) is 4.90 Å². The number of carbonyl (C=O) groups excluding carboxylic acids is 1. The summed E-state index contributed by atoms with van der Waals surface area (Å²) in [5, 5.41) is 28.3. The van der Waals surface area contributed by atoms with E-state index < -0.39 is 18.2 Å². The second kappa shape index (κ2) is 5.48. The molecule has 0 radical (unpaired) electrons. The summed E-state index contributed by atoms with van der Waals surface area (Å²) >= 11 is 0. The molecule has 98 valence electrons. The number of carbonyl (C=O) groups is 1. The molecule has 1 heterocycles. The number of aliphatic hydroxyl groups excluding tert-OH is 3. The number of rotatable bonds is 3. The largest absolute Gasteiger partial charge is 0.394 e. The summed E-state index contributed by atoms with van der Waals surface area (Å²) in [5.74, 6) is -0.198. The highest BCUT2D eigenvalue weighted by Gasteiger charge is 2.41. The van der Waals surface area contributed by atoms with Crippen molar-refractivity contribution in [2.75, 3.05) is 13.2 Å². The number of benzene rings is 1. The van der Waals surface area contributed by atoms with Crippen LogP contribution in [0.1, 0.15) is 5.56 Å². The molecule has 1 aromatic rings. The van der Waals surface area contributed by atoms with Crippen LogP contribution in [0.15, 0.2) is 30.3 Å². The Balaban J connectivity index is 2.05. The van der Waals surface area contributed by atoms with Gasteiger partial charge < -0.3 is 20.2 Å². The summed E-state index contributed by atoms with van der Waals surface area (Å²) in [6.07, 6.45) is -1.85. The maximum Gasteiger partial charge on any atom is 0.227 e. The Kier molecular flexibility index (Phi) is 3.96. The molecule has 5 nitrogen and oxygen atoms in total. The lowest BCUT2D eigenvalue weighted by atomic mass is 10.1. The van der Waals surface area contributed by atoms with Gasteiger partial charge in [-0.05, 0) is 5.56 Å². The molecule has 1 aliphatic heterocycles. The molecule has 5 heteroatoms. The topological polar surface area (TPSA) is 81.0 Å². The van der Waals surface area contributed by atoms with Gasteiger partial charge in [0.2, 0.25) is 5.91 Å². The highest BCUT2D eigenvalue weighted by molar-refractivity contribution is 5.79. The summed E-state index contributed by atoms with van der Waals surface area (Å²) in [6.45, 7) is -0.281. The molecule has 0 spiro atoms. The smallest absolute Gasteiger partial charge is 0.227 e. The van der Waals surface area contributed by atoms with Gasteiger partial charge in [0.25, 0.3) is 0 Å².